The molecule has 16 heavy (non-hydrogen) atoms. The number of hydrogen-bond donors (Lipinski definition) is 1. The largest absolute Gasteiger partial charge is 0.494 e. The molecular formula is C14H21NO. The lowest BCUT2D eigenvalue weighted by Gasteiger charge is -2.29. The highest BCUT2D eigenvalue weighted by Crippen LogP contribution is 2.33. The summed E-state index contributed by atoms with van der Waals surface area (Å²) in [5.41, 5.74) is 1.39. The zero-order chi connectivity index (χ0) is 11.4. The van der Waals surface area contributed by atoms with Crippen LogP contribution in [0.5, 0.6) is 5.75 Å². The number of hydrogen-bond acceptors (Lipinski definition) is 2. The predicted octanol–water partition coefficient (Wildman–Crippen LogP) is 2.94. The molecule has 0 aromatic heterocycles. The molecule has 1 heterocycles. The Bertz CT molecular complexity index is 337. The quantitative estimate of drug-likeness (QED) is 0.844. The van der Waals surface area contributed by atoms with E-state index in [1.165, 1.54) is 18.4 Å². The van der Waals surface area contributed by atoms with Crippen LogP contribution in [0.2, 0.25) is 0 Å². The van der Waals surface area contributed by atoms with Crippen molar-refractivity contribution in [1.82, 2.24) is 5.32 Å². The van der Waals surface area contributed by atoms with E-state index in [2.05, 4.69) is 36.5 Å². The molecule has 1 aliphatic heterocycles. The Balaban J connectivity index is 2.17. The summed E-state index contributed by atoms with van der Waals surface area (Å²) in [6.07, 6.45) is 2.43. The van der Waals surface area contributed by atoms with Gasteiger partial charge in [-0.3, -0.25) is 0 Å². The zero-order valence-electron chi connectivity index (χ0n) is 10.2. The van der Waals surface area contributed by atoms with E-state index in [1.807, 2.05) is 6.92 Å². The Morgan fingerprint density at radius 3 is 2.94 bits per heavy atom. The fraction of sp³-hybridized carbons (Fsp3) is 0.571. The van der Waals surface area contributed by atoms with Gasteiger partial charge in [-0.05, 0) is 50.8 Å². The monoisotopic (exact) mass is 219 g/mol. The molecule has 1 fully saturated rings. The van der Waals surface area contributed by atoms with Gasteiger partial charge in [0.05, 0.1) is 6.61 Å². The molecule has 1 saturated heterocycles. The van der Waals surface area contributed by atoms with Crippen molar-refractivity contribution in [2.45, 2.75) is 38.6 Å². The number of nitrogens with one attached hydrogen (secondary N) is 1. The number of para-hydroxylation sites is 1. The molecule has 2 atom stereocenters. The second-order valence-electron chi connectivity index (χ2n) is 4.55. The molecule has 2 nitrogen and oxygen atoms in total. The van der Waals surface area contributed by atoms with E-state index < -0.39 is 0 Å². The maximum absolute atomic E-state index is 5.71. The first kappa shape index (κ1) is 11.5. The molecular weight excluding hydrogens is 198 g/mol. The molecule has 2 rings (SSSR count). The lowest BCUT2D eigenvalue weighted by atomic mass is 9.86. The summed E-state index contributed by atoms with van der Waals surface area (Å²) in [4.78, 5) is 0. The number of benzene rings is 1. The second kappa shape index (κ2) is 5.35. The minimum atomic E-state index is 0.619. The summed E-state index contributed by atoms with van der Waals surface area (Å²) in [5.74, 6) is 1.73. The van der Waals surface area contributed by atoms with Crippen molar-refractivity contribution < 1.29 is 4.74 Å². The van der Waals surface area contributed by atoms with Gasteiger partial charge in [-0.2, -0.15) is 0 Å². The van der Waals surface area contributed by atoms with Gasteiger partial charge in [-0.25, -0.2) is 0 Å². The van der Waals surface area contributed by atoms with Crippen molar-refractivity contribution in [3.8, 4) is 5.75 Å². The fourth-order valence-electron chi connectivity index (χ4n) is 2.52. The number of rotatable bonds is 3. The zero-order valence-corrected chi connectivity index (χ0v) is 10.2. The Kier molecular flexibility index (Phi) is 3.83. The lowest BCUT2D eigenvalue weighted by Crippen LogP contribution is -2.34. The van der Waals surface area contributed by atoms with Gasteiger partial charge in [-0.15, -0.1) is 0 Å². The summed E-state index contributed by atoms with van der Waals surface area (Å²) in [6, 6.07) is 9.09. The first-order valence-corrected chi connectivity index (χ1v) is 6.26. The van der Waals surface area contributed by atoms with Crippen molar-refractivity contribution in [3.63, 3.8) is 0 Å². The molecule has 0 amide bonds. The summed E-state index contributed by atoms with van der Waals surface area (Å²) in [7, 11) is 0. The number of piperidine rings is 1. The van der Waals surface area contributed by atoms with E-state index in [0.717, 1.165) is 18.9 Å². The highest BCUT2D eigenvalue weighted by atomic mass is 16.5. The fourth-order valence-corrected chi connectivity index (χ4v) is 2.52. The van der Waals surface area contributed by atoms with Crippen LogP contribution in [0.1, 0.15) is 38.2 Å². The van der Waals surface area contributed by atoms with Crippen LogP contribution in [-0.2, 0) is 0 Å². The molecule has 88 valence electrons. The molecule has 1 N–H and O–H groups in total. The van der Waals surface area contributed by atoms with Gasteiger partial charge in [0, 0.05) is 6.04 Å². The third-order valence-corrected chi connectivity index (χ3v) is 3.28. The normalized spacial score (nSPS) is 25.4. The van der Waals surface area contributed by atoms with Gasteiger partial charge in [0.2, 0.25) is 0 Å². The van der Waals surface area contributed by atoms with Crippen LogP contribution in [-0.4, -0.2) is 19.2 Å². The Morgan fingerprint density at radius 1 is 1.38 bits per heavy atom. The van der Waals surface area contributed by atoms with E-state index in [9.17, 15) is 0 Å². The van der Waals surface area contributed by atoms with E-state index >= 15 is 0 Å². The van der Waals surface area contributed by atoms with E-state index in [0.29, 0.717) is 12.0 Å². The molecule has 0 bridgehead atoms. The first-order chi connectivity index (χ1) is 7.81. The maximum atomic E-state index is 5.71. The minimum absolute atomic E-state index is 0.619. The molecule has 2 heteroatoms. The average molecular weight is 219 g/mol. The minimum Gasteiger partial charge on any atom is -0.494 e. The van der Waals surface area contributed by atoms with Crippen LogP contribution < -0.4 is 10.1 Å². The van der Waals surface area contributed by atoms with E-state index in [4.69, 9.17) is 4.74 Å². The van der Waals surface area contributed by atoms with Gasteiger partial charge in [0.15, 0.2) is 0 Å². The lowest BCUT2D eigenvalue weighted by molar-refractivity contribution is 0.322. The summed E-state index contributed by atoms with van der Waals surface area (Å²) >= 11 is 0. The van der Waals surface area contributed by atoms with E-state index in [-0.39, 0.29) is 0 Å². The van der Waals surface area contributed by atoms with Gasteiger partial charge in [0.1, 0.15) is 5.75 Å². The molecule has 0 radical (unpaired) electrons. The predicted molar refractivity (Wildman–Crippen MR) is 67.1 cm³/mol. The van der Waals surface area contributed by atoms with Crippen molar-refractivity contribution in [1.29, 1.82) is 0 Å². The third-order valence-electron chi connectivity index (χ3n) is 3.28. The molecule has 1 aliphatic rings. The van der Waals surface area contributed by atoms with Crippen LogP contribution in [0, 0.1) is 0 Å². The van der Waals surface area contributed by atoms with Gasteiger partial charge >= 0.3 is 0 Å². The smallest absolute Gasteiger partial charge is 0.122 e. The Morgan fingerprint density at radius 2 is 2.19 bits per heavy atom. The van der Waals surface area contributed by atoms with Crippen LogP contribution in [0.25, 0.3) is 0 Å². The van der Waals surface area contributed by atoms with Gasteiger partial charge in [0.25, 0.3) is 0 Å². The second-order valence-corrected chi connectivity index (χ2v) is 4.55. The van der Waals surface area contributed by atoms with Crippen molar-refractivity contribution in [2.24, 2.45) is 0 Å². The van der Waals surface area contributed by atoms with Crippen LogP contribution >= 0.6 is 0 Å². The van der Waals surface area contributed by atoms with Crippen LogP contribution in [0.15, 0.2) is 24.3 Å². The molecule has 0 aliphatic carbocycles. The Hall–Kier alpha value is -1.02. The summed E-state index contributed by atoms with van der Waals surface area (Å²) in [5, 5.41) is 3.49. The van der Waals surface area contributed by atoms with Gasteiger partial charge < -0.3 is 10.1 Å². The third kappa shape index (κ3) is 2.56. The van der Waals surface area contributed by atoms with E-state index in [1.54, 1.807) is 0 Å². The van der Waals surface area contributed by atoms with Crippen molar-refractivity contribution in [2.75, 3.05) is 13.2 Å². The molecule has 1 aromatic carbocycles. The summed E-state index contributed by atoms with van der Waals surface area (Å²) < 4.78 is 5.71. The van der Waals surface area contributed by atoms with Crippen molar-refractivity contribution >= 4 is 0 Å². The molecule has 0 saturated carbocycles. The van der Waals surface area contributed by atoms with Crippen molar-refractivity contribution in [3.05, 3.63) is 29.8 Å². The highest BCUT2D eigenvalue weighted by molar-refractivity contribution is 5.36. The van der Waals surface area contributed by atoms with Crippen LogP contribution in [0.3, 0.4) is 0 Å². The average Bonchev–Trinajstić information content (AvgIpc) is 2.30. The van der Waals surface area contributed by atoms with Gasteiger partial charge in [-0.1, -0.05) is 18.2 Å². The first-order valence-electron chi connectivity index (χ1n) is 6.26. The van der Waals surface area contributed by atoms with Crippen LogP contribution in [0.4, 0.5) is 0 Å². The SMILES string of the molecule is CCOc1ccccc1C1CCNC(C)C1. The highest BCUT2D eigenvalue weighted by Gasteiger charge is 2.22. The molecule has 1 aromatic rings. The number of ether oxygens (including phenoxy) is 1. The standard InChI is InChI=1S/C14H21NO/c1-3-16-14-7-5-4-6-13(14)12-8-9-15-11(2)10-12/h4-7,11-12,15H,3,8-10H2,1-2H3. The summed E-state index contributed by atoms with van der Waals surface area (Å²) in [6.45, 7) is 6.17. The maximum Gasteiger partial charge on any atom is 0.122 e. The Labute approximate surface area is 98.0 Å². The molecule has 2 unspecified atom stereocenters. The molecule has 0 spiro atoms. The topological polar surface area (TPSA) is 21.3 Å².